The average Bonchev–Trinajstić information content (AvgIpc) is 2.51. The van der Waals surface area contributed by atoms with Gasteiger partial charge in [0.1, 0.15) is 0 Å². The number of rotatable bonds is 4. The molecule has 0 radical (unpaired) electrons. The summed E-state index contributed by atoms with van der Waals surface area (Å²) in [7, 11) is 0. The molecule has 0 saturated heterocycles. The Kier molecular flexibility index (Phi) is 6.68. The van der Waals surface area contributed by atoms with E-state index in [4.69, 9.17) is 17.3 Å². The van der Waals surface area contributed by atoms with Crippen molar-refractivity contribution in [1.29, 1.82) is 0 Å². The fourth-order valence-corrected chi connectivity index (χ4v) is 2.22. The lowest BCUT2D eigenvalue weighted by Gasteiger charge is -2.16. The van der Waals surface area contributed by atoms with Crippen LogP contribution in [0.5, 0.6) is 0 Å². The lowest BCUT2D eigenvalue weighted by molar-refractivity contribution is 0.300. The van der Waals surface area contributed by atoms with E-state index in [1.807, 2.05) is 0 Å². The maximum Gasteiger partial charge on any atom is 0.166 e. The molecule has 15 heavy (non-hydrogen) atoms. The molecule has 0 atom stereocenters. The molecular weight excluding hydrogens is 208 g/mol. The van der Waals surface area contributed by atoms with Crippen molar-refractivity contribution in [2.45, 2.75) is 38.5 Å². The molecule has 4 heteroatoms. The van der Waals surface area contributed by atoms with Crippen LogP contribution in [0.3, 0.4) is 0 Å². The monoisotopic (exact) mass is 230 g/mol. The number of aliphatic hydroxyl groups excluding tert-OH is 1. The van der Waals surface area contributed by atoms with Gasteiger partial charge in [-0.2, -0.15) is 0 Å². The largest absolute Gasteiger partial charge is 0.395 e. The minimum atomic E-state index is 0.130. The van der Waals surface area contributed by atoms with Gasteiger partial charge in [0.25, 0.3) is 0 Å². The molecule has 1 rings (SSSR count). The van der Waals surface area contributed by atoms with E-state index in [0.29, 0.717) is 11.7 Å². The summed E-state index contributed by atoms with van der Waals surface area (Å²) in [6.45, 7) is 1.65. The summed E-state index contributed by atoms with van der Waals surface area (Å²) in [6, 6.07) is 0. The first-order valence-corrected chi connectivity index (χ1v) is 6.36. The van der Waals surface area contributed by atoms with Gasteiger partial charge in [-0.1, -0.05) is 25.7 Å². The van der Waals surface area contributed by atoms with Crippen molar-refractivity contribution in [2.75, 3.05) is 19.7 Å². The van der Waals surface area contributed by atoms with E-state index in [9.17, 15) is 0 Å². The lowest BCUT2D eigenvalue weighted by atomic mass is 10.0. The molecule has 0 unspecified atom stereocenters. The smallest absolute Gasteiger partial charge is 0.166 e. The van der Waals surface area contributed by atoms with E-state index in [1.165, 1.54) is 38.5 Å². The van der Waals surface area contributed by atoms with Crippen LogP contribution in [0.25, 0.3) is 0 Å². The van der Waals surface area contributed by atoms with Crippen molar-refractivity contribution < 1.29 is 5.11 Å². The van der Waals surface area contributed by atoms with E-state index < -0.39 is 0 Å². The van der Waals surface area contributed by atoms with Crippen molar-refractivity contribution in [1.82, 2.24) is 10.6 Å². The minimum Gasteiger partial charge on any atom is -0.395 e. The maximum atomic E-state index is 8.62. The Morgan fingerprint density at radius 1 is 1.13 bits per heavy atom. The Labute approximate surface area is 97.6 Å². The second-order valence-corrected chi connectivity index (χ2v) is 4.63. The molecule has 1 aliphatic rings. The molecule has 3 N–H and O–H groups in total. The number of thiocarbonyl (C=S) groups is 1. The number of aliphatic hydroxyl groups is 1. The molecule has 0 aromatic carbocycles. The number of hydrogen-bond acceptors (Lipinski definition) is 2. The van der Waals surface area contributed by atoms with Crippen LogP contribution in [0, 0.1) is 5.92 Å². The SMILES string of the molecule is OCCNC(=S)NCC1CCCCCC1. The van der Waals surface area contributed by atoms with Crippen LogP contribution in [0.1, 0.15) is 38.5 Å². The highest BCUT2D eigenvalue weighted by atomic mass is 32.1. The van der Waals surface area contributed by atoms with Crippen LogP contribution in [-0.2, 0) is 0 Å². The van der Waals surface area contributed by atoms with Gasteiger partial charge in [0.15, 0.2) is 5.11 Å². The molecular formula is C11H22N2OS. The molecule has 0 bridgehead atoms. The van der Waals surface area contributed by atoms with Crippen molar-refractivity contribution in [2.24, 2.45) is 5.92 Å². The fourth-order valence-electron chi connectivity index (χ4n) is 2.04. The minimum absolute atomic E-state index is 0.130. The second-order valence-electron chi connectivity index (χ2n) is 4.22. The average molecular weight is 230 g/mol. The van der Waals surface area contributed by atoms with Gasteiger partial charge in [0, 0.05) is 13.1 Å². The number of nitrogens with one attached hydrogen (secondary N) is 2. The van der Waals surface area contributed by atoms with E-state index >= 15 is 0 Å². The highest BCUT2D eigenvalue weighted by Crippen LogP contribution is 2.21. The predicted molar refractivity (Wildman–Crippen MR) is 66.9 cm³/mol. The second kappa shape index (κ2) is 7.88. The summed E-state index contributed by atoms with van der Waals surface area (Å²) < 4.78 is 0. The van der Waals surface area contributed by atoms with Gasteiger partial charge in [-0.15, -0.1) is 0 Å². The van der Waals surface area contributed by atoms with Gasteiger partial charge < -0.3 is 15.7 Å². The Hall–Kier alpha value is -0.350. The van der Waals surface area contributed by atoms with Crippen LogP contribution in [0.2, 0.25) is 0 Å². The quantitative estimate of drug-likeness (QED) is 0.505. The summed E-state index contributed by atoms with van der Waals surface area (Å²) in [6.07, 6.45) is 8.17. The Balaban J connectivity index is 2.09. The van der Waals surface area contributed by atoms with E-state index in [0.717, 1.165) is 12.5 Å². The molecule has 1 fully saturated rings. The zero-order valence-electron chi connectivity index (χ0n) is 9.30. The molecule has 0 aliphatic heterocycles. The maximum absolute atomic E-state index is 8.62. The summed E-state index contributed by atoms with van der Waals surface area (Å²) in [5.41, 5.74) is 0. The van der Waals surface area contributed by atoms with E-state index in [1.54, 1.807) is 0 Å². The van der Waals surface area contributed by atoms with Gasteiger partial charge in [-0.25, -0.2) is 0 Å². The standard InChI is InChI=1S/C11H22N2OS/c14-8-7-12-11(15)13-9-10-5-3-1-2-4-6-10/h10,14H,1-9H2,(H2,12,13,15). The van der Waals surface area contributed by atoms with Crippen LogP contribution in [-0.4, -0.2) is 29.9 Å². The topological polar surface area (TPSA) is 44.3 Å². The molecule has 3 nitrogen and oxygen atoms in total. The van der Waals surface area contributed by atoms with Crippen molar-refractivity contribution >= 4 is 17.3 Å². The van der Waals surface area contributed by atoms with Crippen LogP contribution in [0.4, 0.5) is 0 Å². The van der Waals surface area contributed by atoms with Crippen LogP contribution < -0.4 is 10.6 Å². The molecule has 88 valence electrons. The third kappa shape index (κ3) is 5.95. The zero-order valence-corrected chi connectivity index (χ0v) is 10.1. The number of hydrogen-bond donors (Lipinski definition) is 3. The van der Waals surface area contributed by atoms with Gasteiger partial charge in [-0.3, -0.25) is 0 Å². The first kappa shape index (κ1) is 12.7. The van der Waals surface area contributed by atoms with Gasteiger partial charge in [-0.05, 0) is 31.0 Å². The fraction of sp³-hybridized carbons (Fsp3) is 0.909. The molecule has 0 aromatic heterocycles. The van der Waals surface area contributed by atoms with Crippen LogP contribution in [0.15, 0.2) is 0 Å². The van der Waals surface area contributed by atoms with Crippen molar-refractivity contribution in [3.8, 4) is 0 Å². The molecule has 1 aliphatic carbocycles. The summed E-state index contributed by atoms with van der Waals surface area (Å²) in [5.74, 6) is 0.779. The summed E-state index contributed by atoms with van der Waals surface area (Å²) >= 11 is 5.09. The van der Waals surface area contributed by atoms with Gasteiger partial charge in [0.05, 0.1) is 6.61 Å². The molecule has 0 heterocycles. The van der Waals surface area contributed by atoms with Gasteiger partial charge >= 0.3 is 0 Å². The summed E-state index contributed by atoms with van der Waals surface area (Å²) in [4.78, 5) is 0. The van der Waals surface area contributed by atoms with E-state index in [-0.39, 0.29) is 6.61 Å². The Morgan fingerprint density at radius 3 is 2.40 bits per heavy atom. The Morgan fingerprint density at radius 2 is 1.80 bits per heavy atom. The summed E-state index contributed by atoms with van der Waals surface area (Å²) in [5, 5.41) is 15.5. The van der Waals surface area contributed by atoms with Crippen molar-refractivity contribution in [3.05, 3.63) is 0 Å². The predicted octanol–water partition coefficient (Wildman–Crippen LogP) is 1.41. The molecule has 1 saturated carbocycles. The normalized spacial score (nSPS) is 18.2. The highest BCUT2D eigenvalue weighted by molar-refractivity contribution is 7.80. The third-order valence-electron chi connectivity index (χ3n) is 2.92. The molecule has 0 spiro atoms. The van der Waals surface area contributed by atoms with E-state index in [2.05, 4.69) is 10.6 Å². The van der Waals surface area contributed by atoms with Crippen LogP contribution >= 0.6 is 12.2 Å². The third-order valence-corrected chi connectivity index (χ3v) is 3.21. The molecule has 0 aromatic rings. The first-order valence-electron chi connectivity index (χ1n) is 5.95. The highest BCUT2D eigenvalue weighted by Gasteiger charge is 2.11. The molecule has 0 amide bonds. The Bertz CT molecular complexity index is 179. The lowest BCUT2D eigenvalue weighted by Crippen LogP contribution is -2.39. The first-order chi connectivity index (χ1) is 7.33. The van der Waals surface area contributed by atoms with Crippen molar-refractivity contribution in [3.63, 3.8) is 0 Å². The zero-order chi connectivity index (χ0) is 10.9. The van der Waals surface area contributed by atoms with Gasteiger partial charge in [0.2, 0.25) is 0 Å².